The van der Waals surface area contributed by atoms with E-state index in [2.05, 4.69) is 70.0 Å². The van der Waals surface area contributed by atoms with Gasteiger partial charge in [-0.3, -0.25) is 4.79 Å². The van der Waals surface area contributed by atoms with E-state index in [1.807, 2.05) is 33.8 Å². The van der Waals surface area contributed by atoms with Crippen LogP contribution in [-0.4, -0.2) is 169 Å². The number of ether oxygens (including phenoxy) is 4. The van der Waals surface area contributed by atoms with Gasteiger partial charge in [0.15, 0.2) is 0 Å². The minimum atomic E-state index is -0.563. The van der Waals surface area contributed by atoms with E-state index < -0.39 is 12.1 Å². The normalized spacial score (nSPS) is 13.3. The Bertz CT molecular complexity index is 2190. The second-order valence-corrected chi connectivity index (χ2v) is 19.5. The average Bonchev–Trinajstić information content (AvgIpc) is 3.38. The van der Waals surface area contributed by atoms with E-state index in [-0.39, 0.29) is 18.0 Å². The van der Waals surface area contributed by atoms with Gasteiger partial charge in [-0.1, -0.05) is 23.7 Å². The number of carbonyl (C=O) groups is 2. The molecule has 6 N–H and O–H groups in total. The number of anilines is 3. The number of aryl methyl sites for hydroxylation is 8. The number of nitrogens with one attached hydrogen (secondary N) is 3. The van der Waals surface area contributed by atoms with Crippen LogP contribution in [0.3, 0.4) is 0 Å². The van der Waals surface area contributed by atoms with Gasteiger partial charge in [0.1, 0.15) is 46.3 Å². The molecule has 0 spiro atoms. The number of methoxy groups -OCH3 is 4. The summed E-state index contributed by atoms with van der Waals surface area (Å²) in [5.74, 6) is 3.51. The predicted molar refractivity (Wildman–Crippen MR) is 299 cm³/mol. The minimum absolute atomic E-state index is 0.167. The molecule has 0 aromatic carbocycles. The van der Waals surface area contributed by atoms with Crippen LogP contribution in [0.15, 0.2) is 36.4 Å². The van der Waals surface area contributed by atoms with Crippen molar-refractivity contribution in [1.82, 2.24) is 39.7 Å². The van der Waals surface area contributed by atoms with E-state index in [0.29, 0.717) is 42.9 Å². The van der Waals surface area contributed by atoms with Crippen molar-refractivity contribution in [1.29, 1.82) is 0 Å². The Hall–Kier alpha value is -5.15. The molecule has 0 unspecified atom stereocenters. The van der Waals surface area contributed by atoms with Crippen molar-refractivity contribution in [3.8, 4) is 0 Å². The van der Waals surface area contributed by atoms with E-state index in [1.165, 1.54) is 38.2 Å². The molecule has 19 nitrogen and oxygen atoms in total. The fourth-order valence-electron chi connectivity index (χ4n) is 8.35. The minimum Gasteiger partial charge on any atom is -0.468 e. The van der Waals surface area contributed by atoms with Gasteiger partial charge in [0, 0.05) is 88.4 Å². The van der Waals surface area contributed by atoms with Gasteiger partial charge in [-0.15, -0.1) is 0 Å². The lowest BCUT2D eigenvalue weighted by Gasteiger charge is -2.25. The SMILES string of the molecule is CC(C)O.COCCN(CCCCc1ccc2c(n1)NCCC2)CC[C@H](N)C(=O)OC.COCCN(CCCCc1ccc2c(n1)NCCC2)CC[C@H](Nc1cc(C)nc(C)n1)C(=O)OC.Cc1cc(Cl)nc(C)n1. The van der Waals surface area contributed by atoms with Crippen LogP contribution in [0.4, 0.5) is 17.5 Å². The Morgan fingerprint density at radius 1 is 0.667 bits per heavy atom. The molecule has 20 heteroatoms. The molecule has 0 saturated heterocycles. The lowest BCUT2D eigenvalue weighted by atomic mass is 10.1. The second-order valence-electron chi connectivity index (χ2n) is 19.1. The number of aliphatic hydroxyl groups excluding tert-OH is 1. The first-order valence-corrected chi connectivity index (χ1v) is 27.0. The van der Waals surface area contributed by atoms with Crippen molar-refractivity contribution in [3.63, 3.8) is 0 Å². The van der Waals surface area contributed by atoms with Gasteiger partial charge < -0.3 is 55.5 Å². The zero-order chi connectivity index (χ0) is 55.0. The van der Waals surface area contributed by atoms with Crippen LogP contribution in [0, 0.1) is 27.7 Å². The number of pyridine rings is 2. The van der Waals surface area contributed by atoms with Gasteiger partial charge in [0.05, 0.1) is 27.4 Å². The summed E-state index contributed by atoms with van der Waals surface area (Å²) in [6.45, 7) is 19.3. The average molecular weight is 1070 g/mol. The molecule has 0 bridgehead atoms. The number of unbranched alkanes of at least 4 members (excludes halogenated alkanes) is 2. The van der Waals surface area contributed by atoms with Crippen molar-refractivity contribution >= 4 is 41.0 Å². The first kappa shape index (κ1) is 64.1. The molecule has 0 fully saturated rings. The summed E-state index contributed by atoms with van der Waals surface area (Å²) < 4.78 is 20.2. The van der Waals surface area contributed by atoms with Crippen LogP contribution in [-0.2, 0) is 54.2 Å². The molecule has 0 aliphatic carbocycles. The maximum Gasteiger partial charge on any atom is 0.328 e. The van der Waals surface area contributed by atoms with Crippen LogP contribution < -0.4 is 21.7 Å². The van der Waals surface area contributed by atoms with Crippen LogP contribution >= 0.6 is 11.6 Å². The molecular formula is C55H89ClN12O7. The molecule has 6 heterocycles. The molecule has 4 aromatic heterocycles. The lowest BCUT2D eigenvalue weighted by Crippen LogP contribution is -2.37. The lowest BCUT2D eigenvalue weighted by molar-refractivity contribution is -0.143. The first-order chi connectivity index (χ1) is 36.0. The van der Waals surface area contributed by atoms with Crippen molar-refractivity contribution < 1.29 is 33.6 Å². The number of aromatic nitrogens is 6. The van der Waals surface area contributed by atoms with Crippen molar-refractivity contribution in [3.05, 3.63) is 87.1 Å². The highest BCUT2D eigenvalue weighted by molar-refractivity contribution is 6.29. The standard InChI is InChI=1S/C26H40N6O3.C20H34N4O3.C6H7ClN2.C3H8O/c1-19-18-24(29-20(2)28-19)31-23(26(33)35-4)12-15-32(16-17-34-3)14-6-5-9-22-11-10-21-8-7-13-27-25(21)30-22;1-26-15-14-24(13-10-18(21)20(25)27-2)12-4-3-7-17-9-8-16-6-5-11-22-19(16)23-17;1-4-3-6(7)9-5(2)8-4;1-3(2)4/h10-11,18,23H,5-9,12-17H2,1-4H3,(H,27,30)(H,28,29,31);8-9,18H,3-7,10-15,21H2,1-2H3,(H,22,23);3H,1-2H3;3-4H,1-2H3/t23-;18-;;/m00../s1. The van der Waals surface area contributed by atoms with Crippen LogP contribution in [0.1, 0.15) is 111 Å². The maximum atomic E-state index is 12.4. The number of carbonyl (C=O) groups excluding carboxylic acids is 2. The Balaban J connectivity index is 0.000000325. The molecule has 2 atom stereocenters. The number of aliphatic hydroxyl groups is 1. The molecule has 0 amide bonds. The van der Waals surface area contributed by atoms with Crippen LogP contribution in [0.5, 0.6) is 0 Å². The number of hydrogen-bond acceptors (Lipinski definition) is 19. The third-order valence-electron chi connectivity index (χ3n) is 12.1. The number of fused-ring (bicyclic) bond motifs is 2. The maximum absolute atomic E-state index is 12.4. The largest absolute Gasteiger partial charge is 0.468 e. The van der Waals surface area contributed by atoms with E-state index in [0.717, 1.165) is 144 Å². The van der Waals surface area contributed by atoms with E-state index in [4.69, 9.17) is 51.4 Å². The van der Waals surface area contributed by atoms with Crippen molar-refractivity contribution in [2.45, 2.75) is 137 Å². The number of hydrogen-bond donors (Lipinski definition) is 5. The van der Waals surface area contributed by atoms with Gasteiger partial charge in [-0.25, -0.2) is 34.7 Å². The summed E-state index contributed by atoms with van der Waals surface area (Å²) in [7, 11) is 6.20. The van der Waals surface area contributed by atoms with E-state index in [1.54, 1.807) is 34.1 Å². The van der Waals surface area contributed by atoms with Gasteiger partial charge in [-0.2, -0.15) is 0 Å². The quantitative estimate of drug-likeness (QED) is 0.0244. The third-order valence-corrected chi connectivity index (χ3v) is 12.3. The number of halogens is 1. The molecule has 75 heavy (non-hydrogen) atoms. The van der Waals surface area contributed by atoms with Gasteiger partial charge in [0.2, 0.25) is 0 Å². The Morgan fingerprint density at radius 3 is 1.60 bits per heavy atom. The summed E-state index contributed by atoms with van der Waals surface area (Å²) in [5.41, 5.74) is 12.6. The number of nitrogens with zero attached hydrogens (tertiary/aromatic N) is 8. The predicted octanol–water partition coefficient (Wildman–Crippen LogP) is 6.90. The first-order valence-electron chi connectivity index (χ1n) is 26.6. The van der Waals surface area contributed by atoms with Crippen molar-refractivity contribution in [2.75, 3.05) is 110 Å². The smallest absolute Gasteiger partial charge is 0.328 e. The highest BCUT2D eigenvalue weighted by atomic mass is 35.5. The zero-order valence-electron chi connectivity index (χ0n) is 46.7. The fraction of sp³-hybridized carbons (Fsp3) is 0.636. The van der Waals surface area contributed by atoms with Gasteiger partial charge >= 0.3 is 11.9 Å². The van der Waals surface area contributed by atoms with Crippen LogP contribution in [0.25, 0.3) is 0 Å². The Labute approximate surface area is 452 Å². The summed E-state index contributed by atoms with van der Waals surface area (Å²) in [4.78, 5) is 54.7. The molecule has 0 radical (unpaired) electrons. The highest BCUT2D eigenvalue weighted by Crippen LogP contribution is 2.22. The molecule has 6 rings (SSSR count). The number of nitrogens with two attached hydrogens (primary N) is 1. The van der Waals surface area contributed by atoms with Gasteiger partial charge in [-0.05, 0) is 161 Å². The molecule has 2 aliphatic rings. The van der Waals surface area contributed by atoms with Crippen LogP contribution in [0.2, 0.25) is 5.15 Å². The zero-order valence-corrected chi connectivity index (χ0v) is 47.4. The molecule has 2 aliphatic heterocycles. The molecule has 418 valence electrons. The summed E-state index contributed by atoms with van der Waals surface area (Å²) in [6, 6.07) is 11.3. The summed E-state index contributed by atoms with van der Waals surface area (Å²) >= 11 is 5.60. The topological polar surface area (TPSA) is 237 Å². The Morgan fingerprint density at radius 2 is 1.15 bits per heavy atom. The van der Waals surface area contributed by atoms with Crippen molar-refractivity contribution in [2.24, 2.45) is 5.73 Å². The van der Waals surface area contributed by atoms with E-state index in [9.17, 15) is 9.59 Å². The third kappa shape index (κ3) is 26.9. The highest BCUT2D eigenvalue weighted by Gasteiger charge is 2.22. The van der Waals surface area contributed by atoms with E-state index >= 15 is 0 Å². The fourth-order valence-corrected chi connectivity index (χ4v) is 8.63. The van der Waals surface area contributed by atoms with Gasteiger partial charge in [0.25, 0.3) is 0 Å². The summed E-state index contributed by atoms with van der Waals surface area (Å²) in [6.07, 6.45) is 11.8. The molecule has 4 aromatic rings. The molecule has 0 saturated carbocycles. The Kier molecular flexibility index (Phi) is 31.4. The molecular weight excluding hydrogens is 976 g/mol. The monoisotopic (exact) mass is 1060 g/mol. The number of rotatable bonds is 26. The summed E-state index contributed by atoms with van der Waals surface area (Å²) in [5, 5.41) is 18.6. The number of esters is 2. The second kappa shape index (κ2) is 36.8.